The molecule has 1 heterocycles. The van der Waals surface area contributed by atoms with Crippen molar-refractivity contribution in [3.05, 3.63) is 36.0 Å². The Morgan fingerprint density at radius 2 is 1.74 bits per heavy atom. The fourth-order valence-corrected chi connectivity index (χ4v) is 2.25. The second-order valence-electron chi connectivity index (χ2n) is 5.16. The third kappa shape index (κ3) is 4.23. The number of aromatic hydroxyl groups is 1. The highest BCUT2D eigenvalue weighted by molar-refractivity contribution is 5.97. The Morgan fingerprint density at radius 1 is 1.17 bits per heavy atom. The summed E-state index contributed by atoms with van der Waals surface area (Å²) in [5.41, 5.74) is 0.652. The van der Waals surface area contributed by atoms with Gasteiger partial charge in [0.05, 0.1) is 0 Å². The number of nitrogens with zero attached hydrogens (tertiary/aromatic N) is 3. The lowest BCUT2D eigenvalue weighted by molar-refractivity contribution is -0.136. The van der Waals surface area contributed by atoms with Crippen LogP contribution in [0.2, 0.25) is 0 Å². The standard InChI is InChI=1S/C16H18N4O3/c1-12(21)19-6-8-20(9-7-19)16(23)13(10-17)11-18-14-2-4-15(22)5-3-14/h2-5,11,18,22H,6-9H2,1H3/b13-11-. The maximum atomic E-state index is 12.3. The van der Waals surface area contributed by atoms with Crippen molar-refractivity contribution in [2.75, 3.05) is 31.5 Å². The smallest absolute Gasteiger partial charge is 0.266 e. The molecule has 0 saturated carbocycles. The van der Waals surface area contributed by atoms with Crippen LogP contribution in [0, 0.1) is 11.3 Å². The fraction of sp³-hybridized carbons (Fsp3) is 0.312. The summed E-state index contributed by atoms with van der Waals surface area (Å²) in [5, 5.41) is 21.3. The number of piperazine rings is 1. The maximum Gasteiger partial charge on any atom is 0.266 e. The molecule has 0 aromatic heterocycles. The van der Waals surface area contributed by atoms with Crippen molar-refractivity contribution in [2.24, 2.45) is 0 Å². The summed E-state index contributed by atoms with van der Waals surface area (Å²) in [7, 11) is 0. The van der Waals surface area contributed by atoms with Crippen LogP contribution < -0.4 is 5.32 Å². The lowest BCUT2D eigenvalue weighted by Crippen LogP contribution is -2.50. The van der Waals surface area contributed by atoms with Gasteiger partial charge >= 0.3 is 0 Å². The molecular weight excluding hydrogens is 296 g/mol. The number of nitrogens with one attached hydrogen (secondary N) is 1. The number of hydrogen-bond acceptors (Lipinski definition) is 5. The average Bonchev–Trinajstić information content (AvgIpc) is 2.57. The van der Waals surface area contributed by atoms with Gasteiger partial charge in [0.25, 0.3) is 5.91 Å². The van der Waals surface area contributed by atoms with Gasteiger partial charge in [-0.15, -0.1) is 0 Å². The number of phenols is 1. The molecule has 120 valence electrons. The molecular formula is C16H18N4O3. The molecule has 7 heteroatoms. The Kier molecular flexibility index (Phi) is 5.20. The van der Waals surface area contributed by atoms with E-state index in [0.717, 1.165) is 0 Å². The number of rotatable bonds is 3. The van der Waals surface area contributed by atoms with Gasteiger partial charge in [-0.2, -0.15) is 5.26 Å². The molecule has 1 aromatic carbocycles. The van der Waals surface area contributed by atoms with Crippen LogP contribution in [0.3, 0.4) is 0 Å². The van der Waals surface area contributed by atoms with E-state index in [0.29, 0.717) is 31.9 Å². The van der Waals surface area contributed by atoms with Gasteiger partial charge in [0.15, 0.2) is 0 Å². The van der Waals surface area contributed by atoms with Crippen LogP contribution >= 0.6 is 0 Å². The van der Waals surface area contributed by atoms with Crippen molar-refractivity contribution in [3.8, 4) is 11.8 Å². The molecule has 0 aliphatic carbocycles. The predicted octanol–water partition coefficient (Wildman–Crippen LogP) is 0.902. The van der Waals surface area contributed by atoms with Crippen LogP contribution in [0.5, 0.6) is 5.75 Å². The van der Waals surface area contributed by atoms with E-state index in [1.54, 1.807) is 21.9 Å². The molecule has 1 aliphatic heterocycles. The molecule has 1 aromatic rings. The van der Waals surface area contributed by atoms with Crippen LogP contribution in [0.4, 0.5) is 5.69 Å². The summed E-state index contributed by atoms with van der Waals surface area (Å²) in [5.74, 6) is -0.233. The van der Waals surface area contributed by atoms with E-state index in [9.17, 15) is 20.0 Å². The molecule has 0 atom stereocenters. The molecule has 2 rings (SSSR count). The van der Waals surface area contributed by atoms with Crippen molar-refractivity contribution in [2.45, 2.75) is 6.92 Å². The first-order valence-corrected chi connectivity index (χ1v) is 7.22. The predicted molar refractivity (Wildman–Crippen MR) is 84.3 cm³/mol. The number of benzene rings is 1. The Hall–Kier alpha value is -3.01. The van der Waals surface area contributed by atoms with Gasteiger partial charge in [-0.1, -0.05) is 0 Å². The first-order valence-electron chi connectivity index (χ1n) is 7.22. The third-order valence-electron chi connectivity index (χ3n) is 3.61. The molecule has 1 saturated heterocycles. The second kappa shape index (κ2) is 7.31. The van der Waals surface area contributed by atoms with Gasteiger partial charge in [-0.05, 0) is 24.3 Å². The minimum Gasteiger partial charge on any atom is -0.508 e. The number of carbonyl (C=O) groups is 2. The maximum absolute atomic E-state index is 12.3. The zero-order valence-corrected chi connectivity index (χ0v) is 12.8. The van der Waals surface area contributed by atoms with E-state index in [4.69, 9.17) is 0 Å². The van der Waals surface area contributed by atoms with Gasteiger partial charge in [0.1, 0.15) is 17.4 Å². The quantitative estimate of drug-likeness (QED) is 0.491. The topological polar surface area (TPSA) is 96.7 Å². The summed E-state index contributed by atoms with van der Waals surface area (Å²) >= 11 is 0. The molecule has 2 amide bonds. The Labute approximate surface area is 134 Å². The third-order valence-corrected chi connectivity index (χ3v) is 3.61. The Bertz CT molecular complexity index is 653. The minimum absolute atomic E-state index is 0.00523. The summed E-state index contributed by atoms with van der Waals surface area (Å²) in [6.07, 6.45) is 1.35. The first-order chi connectivity index (χ1) is 11.0. The number of amides is 2. The van der Waals surface area contributed by atoms with Crippen LogP contribution in [0.25, 0.3) is 0 Å². The molecule has 23 heavy (non-hydrogen) atoms. The van der Waals surface area contributed by atoms with Crippen molar-refractivity contribution >= 4 is 17.5 Å². The van der Waals surface area contributed by atoms with E-state index in [1.807, 2.05) is 6.07 Å². The molecule has 1 aliphatic rings. The lowest BCUT2D eigenvalue weighted by Gasteiger charge is -2.34. The first kappa shape index (κ1) is 16.4. The normalized spacial score (nSPS) is 15.0. The monoisotopic (exact) mass is 314 g/mol. The van der Waals surface area contributed by atoms with Gasteiger partial charge in [-0.3, -0.25) is 9.59 Å². The summed E-state index contributed by atoms with van der Waals surface area (Å²) in [6, 6.07) is 8.17. The van der Waals surface area contributed by atoms with Crippen molar-refractivity contribution in [3.63, 3.8) is 0 Å². The molecule has 0 radical (unpaired) electrons. The van der Waals surface area contributed by atoms with Crippen LogP contribution in [-0.2, 0) is 9.59 Å². The van der Waals surface area contributed by atoms with Crippen molar-refractivity contribution in [1.82, 2.24) is 9.80 Å². The van der Waals surface area contributed by atoms with Crippen LogP contribution in [0.15, 0.2) is 36.0 Å². The highest BCUT2D eigenvalue weighted by atomic mass is 16.3. The van der Waals surface area contributed by atoms with Crippen molar-refractivity contribution in [1.29, 1.82) is 5.26 Å². The summed E-state index contributed by atoms with van der Waals surface area (Å²) in [6.45, 7) is 3.28. The van der Waals surface area contributed by atoms with Crippen LogP contribution in [-0.4, -0.2) is 52.9 Å². The Balaban J connectivity index is 1.99. The lowest BCUT2D eigenvalue weighted by atomic mass is 10.2. The van der Waals surface area contributed by atoms with E-state index in [1.165, 1.54) is 25.3 Å². The molecule has 0 unspecified atom stereocenters. The van der Waals surface area contributed by atoms with Gasteiger partial charge in [0, 0.05) is 45.0 Å². The van der Waals surface area contributed by atoms with Crippen LogP contribution in [0.1, 0.15) is 6.92 Å². The van der Waals surface area contributed by atoms with E-state index < -0.39 is 0 Å². The molecule has 1 fully saturated rings. The largest absolute Gasteiger partial charge is 0.508 e. The molecule has 0 spiro atoms. The number of phenolic OH excluding ortho intramolecular Hbond substituents is 1. The summed E-state index contributed by atoms with van der Waals surface area (Å²) in [4.78, 5) is 26.8. The highest BCUT2D eigenvalue weighted by Crippen LogP contribution is 2.14. The molecule has 2 N–H and O–H groups in total. The molecule has 0 bridgehead atoms. The zero-order valence-electron chi connectivity index (χ0n) is 12.8. The number of nitriles is 1. The number of anilines is 1. The highest BCUT2D eigenvalue weighted by Gasteiger charge is 2.24. The van der Waals surface area contributed by atoms with Crippen molar-refractivity contribution < 1.29 is 14.7 Å². The fourth-order valence-electron chi connectivity index (χ4n) is 2.25. The average molecular weight is 314 g/mol. The minimum atomic E-state index is -0.359. The number of carbonyl (C=O) groups excluding carboxylic acids is 2. The Morgan fingerprint density at radius 3 is 2.26 bits per heavy atom. The summed E-state index contributed by atoms with van der Waals surface area (Å²) < 4.78 is 0. The van der Waals surface area contributed by atoms with E-state index >= 15 is 0 Å². The van der Waals surface area contributed by atoms with Gasteiger partial charge in [0.2, 0.25) is 5.91 Å². The number of hydrogen-bond donors (Lipinski definition) is 2. The zero-order chi connectivity index (χ0) is 16.8. The van der Waals surface area contributed by atoms with E-state index in [2.05, 4.69) is 5.32 Å². The van der Waals surface area contributed by atoms with E-state index in [-0.39, 0.29) is 23.1 Å². The van der Waals surface area contributed by atoms with Gasteiger partial charge in [-0.25, -0.2) is 0 Å². The SMILES string of the molecule is CC(=O)N1CCN(C(=O)/C(C#N)=C\Nc2ccc(O)cc2)CC1. The second-order valence-corrected chi connectivity index (χ2v) is 5.16. The van der Waals surface area contributed by atoms with Gasteiger partial charge < -0.3 is 20.2 Å². The molecule has 7 nitrogen and oxygen atoms in total.